The first-order chi connectivity index (χ1) is 12.3. The van der Waals surface area contributed by atoms with E-state index in [-0.39, 0.29) is 11.2 Å². The predicted molar refractivity (Wildman–Crippen MR) is 96.3 cm³/mol. The summed E-state index contributed by atoms with van der Waals surface area (Å²) in [6.45, 7) is 1.67. The van der Waals surface area contributed by atoms with Crippen LogP contribution in [0.15, 0.2) is 53.9 Å². The molecule has 1 aliphatic heterocycles. The van der Waals surface area contributed by atoms with E-state index in [0.717, 1.165) is 31.5 Å². The summed E-state index contributed by atoms with van der Waals surface area (Å²) in [6, 6.07) is 11.7. The second-order valence-electron chi connectivity index (χ2n) is 6.05. The van der Waals surface area contributed by atoms with E-state index in [0.29, 0.717) is 10.9 Å². The molecule has 7 heteroatoms. The van der Waals surface area contributed by atoms with Crippen molar-refractivity contribution in [2.45, 2.75) is 29.7 Å². The number of carbonyl (C=O) groups excluding carboxylic acids is 1. The Balaban J connectivity index is 1.63. The number of fused-ring (bicyclic) bond motifs is 1. The van der Waals surface area contributed by atoms with Crippen LogP contribution in [0.2, 0.25) is 0 Å². The van der Waals surface area contributed by atoms with Crippen molar-refractivity contribution >= 4 is 23.4 Å². The van der Waals surface area contributed by atoms with Crippen LogP contribution in [0.25, 0.3) is 5.78 Å². The van der Waals surface area contributed by atoms with Gasteiger partial charge in [0.05, 0.1) is 0 Å². The second-order valence-corrected chi connectivity index (χ2v) is 7.13. The molecule has 4 rings (SSSR count). The number of piperidine rings is 1. The Hall–Kier alpha value is -2.41. The lowest BCUT2D eigenvalue weighted by atomic mass is 10.1. The Bertz CT molecular complexity index is 827. The first kappa shape index (κ1) is 16.1. The summed E-state index contributed by atoms with van der Waals surface area (Å²) in [5.74, 6) is 0.685. The van der Waals surface area contributed by atoms with E-state index < -0.39 is 0 Å². The maximum absolute atomic E-state index is 13.1. The van der Waals surface area contributed by atoms with Crippen molar-refractivity contribution < 1.29 is 4.79 Å². The Morgan fingerprint density at radius 1 is 1.08 bits per heavy atom. The number of amides is 1. The molecule has 2 aromatic heterocycles. The highest BCUT2D eigenvalue weighted by molar-refractivity contribution is 8.00. The molecule has 0 saturated carbocycles. The van der Waals surface area contributed by atoms with Crippen molar-refractivity contribution in [1.82, 2.24) is 24.5 Å². The molecule has 0 aliphatic carbocycles. The first-order valence-electron chi connectivity index (χ1n) is 8.49. The molecule has 1 aromatic carbocycles. The Labute approximate surface area is 150 Å². The fourth-order valence-corrected chi connectivity index (χ4v) is 4.06. The van der Waals surface area contributed by atoms with E-state index in [4.69, 9.17) is 0 Å². The van der Waals surface area contributed by atoms with Crippen LogP contribution < -0.4 is 0 Å². The lowest BCUT2D eigenvalue weighted by molar-refractivity contribution is -0.131. The highest BCUT2D eigenvalue weighted by Gasteiger charge is 2.29. The third-order valence-electron chi connectivity index (χ3n) is 4.31. The van der Waals surface area contributed by atoms with Gasteiger partial charge in [0.15, 0.2) is 0 Å². The van der Waals surface area contributed by atoms with E-state index in [2.05, 4.69) is 15.1 Å². The topological polar surface area (TPSA) is 63.4 Å². The van der Waals surface area contributed by atoms with E-state index >= 15 is 0 Å². The van der Waals surface area contributed by atoms with Gasteiger partial charge in [-0.3, -0.25) is 4.79 Å². The van der Waals surface area contributed by atoms with Gasteiger partial charge in [-0.15, -0.1) is 5.10 Å². The van der Waals surface area contributed by atoms with Gasteiger partial charge in [-0.2, -0.15) is 4.98 Å². The maximum atomic E-state index is 13.1. The van der Waals surface area contributed by atoms with Crippen molar-refractivity contribution in [2.24, 2.45) is 0 Å². The number of thioether (sulfide) groups is 1. The summed E-state index contributed by atoms with van der Waals surface area (Å²) in [7, 11) is 0. The predicted octanol–water partition coefficient (Wildman–Crippen LogP) is 2.97. The fraction of sp³-hybridized carbons (Fsp3) is 0.333. The molecule has 1 unspecified atom stereocenters. The smallest absolute Gasteiger partial charge is 0.253 e. The normalized spacial score (nSPS) is 16.1. The van der Waals surface area contributed by atoms with E-state index in [1.807, 2.05) is 47.5 Å². The Kier molecular flexibility index (Phi) is 4.65. The van der Waals surface area contributed by atoms with Gasteiger partial charge >= 0.3 is 0 Å². The summed E-state index contributed by atoms with van der Waals surface area (Å²) in [5, 5.41) is 4.67. The molecule has 0 spiro atoms. The van der Waals surface area contributed by atoms with Crippen LogP contribution >= 0.6 is 11.8 Å². The van der Waals surface area contributed by atoms with E-state index in [9.17, 15) is 4.79 Å². The number of aromatic nitrogens is 4. The average Bonchev–Trinajstić information content (AvgIpc) is 3.09. The van der Waals surface area contributed by atoms with E-state index in [1.165, 1.54) is 18.2 Å². The molecule has 1 amide bonds. The molecule has 1 aliphatic rings. The highest BCUT2D eigenvalue weighted by atomic mass is 32.2. The minimum Gasteiger partial charge on any atom is -0.341 e. The zero-order valence-corrected chi connectivity index (χ0v) is 14.6. The van der Waals surface area contributed by atoms with Crippen LogP contribution in [0.4, 0.5) is 0 Å². The number of rotatable bonds is 4. The standard InChI is InChI=1S/C18H19N5OS/c24-16(22-11-5-2-6-12-22)15(14-8-3-1-4-9-14)25-18-20-17-19-10-7-13-23(17)21-18/h1,3-4,7-10,13,15H,2,5-6,11-12H2. The monoisotopic (exact) mass is 353 g/mol. The SMILES string of the molecule is O=C(C(Sc1nc2ncccn2n1)c1ccccc1)N1CCCCC1. The molecule has 1 atom stereocenters. The number of hydrogen-bond acceptors (Lipinski definition) is 5. The zero-order chi connectivity index (χ0) is 17.1. The molecule has 0 N–H and O–H groups in total. The molecule has 128 valence electrons. The van der Waals surface area contributed by atoms with Gasteiger partial charge in [0, 0.05) is 25.5 Å². The van der Waals surface area contributed by atoms with Crippen LogP contribution in [0.1, 0.15) is 30.1 Å². The van der Waals surface area contributed by atoms with Crippen LogP contribution in [-0.2, 0) is 4.79 Å². The lowest BCUT2D eigenvalue weighted by Gasteiger charge is -2.30. The van der Waals surface area contributed by atoms with Crippen molar-refractivity contribution in [2.75, 3.05) is 13.1 Å². The summed E-state index contributed by atoms with van der Waals surface area (Å²) in [4.78, 5) is 23.8. The van der Waals surface area contributed by atoms with Crippen molar-refractivity contribution in [3.05, 3.63) is 54.4 Å². The molecular formula is C18H19N5OS. The van der Waals surface area contributed by atoms with Crippen molar-refractivity contribution in [3.8, 4) is 0 Å². The molecule has 0 radical (unpaired) electrons. The number of likely N-dealkylation sites (tertiary alicyclic amines) is 1. The number of nitrogens with zero attached hydrogens (tertiary/aromatic N) is 5. The van der Waals surface area contributed by atoms with Crippen LogP contribution in [-0.4, -0.2) is 43.5 Å². The summed E-state index contributed by atoms with van der Waals surface area (Å²) in [5.41, 5.74) is 0.981. The number of carbonyl (C=O) groups is 1. The third kappa shape index (κ3) is 3.51. The molecule has 1 saturated heterocycles. The van der Waals surface area contributed by atoms with Crippen LogP contribution in [0.5, 0.6) is 0 Å². The summed E-state index contributed by atoms with van der Waals surface area (Å²) < 4.78 is 1.63. The summed E-state index contributed by atoms with van der Waals surface area (Å²) in [6.07, 6.45) is 6.85. The van der Waals surface area contributed by atoms with Crippen LogP contribution in [0, 0.1) is 0 Å². The quantitative estimate of drug-likeness (QED) is 0.675. The Morgan fingerprint density at radius 3 is 2.64 bits per heavy atom. The van der Waals surface area contributed by atoms with Gasteiger partial charge < -0.3 is 4.90 Å². The molecule has 1 fully saturated rings. The zero-order valence-electron chi connectivity index (χ0n) is 13.8. The highest BCUT2D eigenvalue weighted by Crippen LogP contribution is 2.35. The van der Waals surface area contributed by atoms with Gasteiger partial charge in [-0.25, -0.2) is 9.50 Å². The number of benzene rings is 1. The molecule has 3 aromatic rings. The third-order valence-corrected chi connectivity index (χ3v) is 5.41. The van der Waals surface area contributed by atoms with Gasteiger partial charge in [-0.05, 0) is 30.9 Å². The van der Waals surface area contributed by atoms with Crippen LogP contribution in [0.3, 0.4) is 0 Å². The minimum atomic E-state index is -0.336. The van der Waals surface area contributed by atoms with E-state index in [1.54, 1.807) is 10.7 Å². The minimum absolute atomic E-state index is 0.141. The average molecular weight is 353 g/mol. The maximum Gasteiger partial charge on any atom is 0.253 e. The van der Waals surface area contributed by atoms with Gasteiger partial charge in [0.1, 0.15) is 5.25 Å². The molecule has 6 nitrogen and oxygen atoms in total. The molecular weight excluding hydrogens is 334 g/mol. The molecule has 0 bridgehead atoms. The Morgan fingerprint density at radius 2 is 1.88 bits per heavy atom. The molecule has 3 heterocycles. The van der Waals surface area contributed by atoms with Crippen molar-refractivity contribution in [3.63, 3.8) is 0 Å². The first-order valence-corrected chi connectivity index (χ1v) is 9.37. The van der Waals surface area contributed by atoms with Crippen molar-refractivity contribution in [1.29, 1.82) is 0 Å². The fourth-order valence-electron chi connectivity index (χ4n) is 3.04. The second kappa shape index (κ2) is 7.23. The van der Waals surface area contributed by atoms with Gasteiger partial charge in [0.25, 0.3) is 5.78 Å². The number of hydrogen-bond donors (Lipinski definition) is 0. The molecule has 25 heavy (non-hydrogen) atoms. The lowest BCUT2D eigenvalue weighted by Crippen LogP contribution is -2.38. The van der Waals surface area contributed by atoms with Gasteiger partial charge in [0.2, 0.25) is 11.1 Å². The summed E-state index contributed by atoms with van der Waals surface area (Å²) >= 11 is 1.40. The largest absolute Gasteiger partial charge is 0.341 e. The van der Waals surface area contributed by atoms with Gasteiger partial charge in [-0.1, -0.05) is 42.1 Å².